The highest BCUT2D eigenvalue weighted by Crippen LogP contribution is 2.21. The predicted octanol–water partition coefficient (Wildman–Crippen LogP) is 2.31. The number of carbonyl (C=O) groups excluding carboxylic acids is 1. The molecule has 0 spiro atoms. The zero-order chi connectivity index (χ0) is 15.5. The normalized spacial score (nSPS) is 11.2. The Bertz CT molecular complexity index is 856. The van der Waals surface area contributed by atoms with Crippen LogP contribution in [0, 0.1) is 5.82 Å². The predicted molar refractivity (Wildman–Crippen MR) is 81.1 cm³/mol. The summed E-state index contributed by atoms with van der Waals surface area (Å²) in [6.45, 7) is 0. The summed E-state index contributed by atoms with van der Waals surface area (Å²) in [4.78, 5) is 16.9. The first-order chi connectivity index (χ1) is 10.7. The molecule has 1 aromatic carbocycles. The minimum Gasteiger partial charge on any atom is -0.479 e. The van der Waals surface area contributed by atoms with Gasteiger partial charge in [-0.05, 0) is 12.1 Å². The number of fused-ring (bicyclic) bond motifs is 1. The third-order valence-electron chi connectivity index (χ3n) is 2.93. The van der Waals surface area contributed by atoms with Crippen LogP contribution in [0.5, 0.6) is 5.88 Å². The van der Waals surface area contributed by atoms with Crippen molar-refractivity contribution in [3.05, 3.63) is 52.9 Å². The quantitative estimate of drug-likeness (QED) is 0.593. The van der Waals surface area contributed by atoms with Crippen LogP contribution in [-0.4, -0.2) is 28.6 Å². The molecule has 0 saturated heterocycles. The van der Waals surface area contributed by atoms with Gasteiger partial charge in [0.2, 0.25) is 5.88 Å². The Hall–Kier alpha value is -2.74. The molecule has 0 aliphatic heterocycles. The summed E-state index contributed by atoms with van der Waals surface area (Å²) in [7, 11) is 1.50. The fourth-order valence-electron chi connectivity index (χ4n) is 1.91. The van der Waals surface area contributed by atoms with Crippen LogP contribution < -0.4 is 10.2 Å². The van der Waals surface area contributed by atoms with Crippen LogP contribution in [0.4, 0.5) is 4.39 Å². The lowest BCUT2D eigenvalue weighted by molar-refractivity contribution is 0.0951. The van der Waals surface area contributed by atoms with Gasteiger partial charge in [0.05, 0.1) is 18.9 Å². The molecule has 22 heavy (non-hydrogen) atoms. The fourth-order valence-corrected chi connectivity index (χ4v) is 2.62. The number of thiazole rings is 1. The van der Waals surface area contributed by atoms with Gasteiger partial charge < -0.3 is 4.74 Å². The zero-order valence-electron chi connectivity index (χ0n) is 11.5. The molecule has 1 amide bonds. The van der Waals surface area contributed by atoms with Gasteiger partial charge in [-0.2, -0.15) is 10.1 Å². The van der Waals surface area contributed by atoms with Gasteiger partial charge in [0.1, 0.15) is 11.5 Å². The van der Waals surface area contributed by atoms with Crippen LogP contribution >= 0.6 is 11.3 Å². The van der Waals surface area contributed by atoms with E-state index in [1.807, 2.05) is 11.6 Å². The highest BCUT2D eigenvalue weighted by atomic mass is 32.1. The number of hydrogen-bond acceptors (Lipinski definition) is 5. The van der Waals surface area contributed by atoms with Crippen LogP contribution in [0.15, 0.2) is 40.9 Å². The molecule has 112 valence electrons. The molecule has 8 heteroatoms. The lowest BCUT2D eigenvalue weighted by Gasteiger charge is -2.01. The monoisotopic (exact) mass is 318 g/mol. The lowest BCUT2D eigenvalue weighted by Crippen LogP contribution is -2.19. The van der Waals surface area contributed by atoms with Crippen molar-refractivity contribution in [2.24, 2.45) is 5.10 Å². The summed E-state index contributed by atoms with van der Waals surface area (Å²) in [5, 5.41) is 5.71. The van der Waals surface area contributed by atoms with Crippen molar-refractivity contribution in [2.45, 2.75) is 0 Å². The highest BCUT2D eigenvalue weighted by Gasteiger charge is 2.12. The van der Waals surface area contributed by atoms with E-state index in [0.717, 1.165) is 4.96 Å². The van der Waals surface area contributed by atoms with E-state index in [9.17, 15) is 9.18 Å². The highest BCUT2D eigenvalue weighted by molar-refractivity contribution is 7.15. The smallest absolute Gasteiger partial charge is 0.274 e. The number of hydrazone groups is 1. The third kappa shape index (κ3) is 2.56. The molecular formula is C14H11FN4O2S. The van der Waals surface area contributed by atoms with Crippen LogP contribution in [0.3, 0.4) is 0 Å². The number of halogens is 1. The number of nitrogens with zero attached hydrogens (tertiary/aromatic N) is 3. The van der Waals surface area contributed by atoms with Gasteiger partial charge in [0.15, 0.2) is 4.96 Å². The Morgan fingerprint density at radius 1 is 1.50 bits per heavy atom. The Morgan fingerprint density at radius 3 is 3.09 bits per heavy atom. The van der Waals surface area contributed by atoms with Crippen LogP contribution in [0.25, 0.3) is 4.96 Å². The summed E-state index contributed by atoms with van der Waals surface area (Å²) in [5.74, 6) is -0.826. The van der Waals surface area contributed by atoms with Gasteiger partial charge in [-0.3, -0.25) is 9.20 Å². The summed E-state index contributed by atoms with van der Waals surface area (Å²) in [6.07, 6.45) is 3.22. The first kappa shape index (κ1) is 14.2. The van der Waals surface area contributed by atoms with E-state index in [2.05, 4.69) is 15.5 Å². The molecule has 0 atom stereocenters. The molecule has 0 radical (unpaired) electrons. The number of amides is 1. The van der Waals surface area contributed by atoms with E-state index in [1.165, 1.54) is 42.9 Å². The Balaban J connectivity index is 1.80. The molecule has 2 heterocycles. The second-order valence-electron chi connectivity index (χ2n) is 4.24. The van der Waals surface area contributed by atoms with Crippen molar-refractivity contribution >= 4 is 28.4 Å². The molecule has 3 aromatic rings. The topological polar surface area (TPSA) is 68.0 Å². The van der Waals surface area contributed by atoms with Crippen LogP contribution in [0.2, 0.25) is 0 Å². The van der Waals surface area contributed by atoms with E-state index in [4.69, 9.17) is 4.74 Å². The van der Waals surface area contributed by atoms with Crippen molar-refractivity contribution in [2.75, 3.05) is 7.11 Å². The second kappa shape index (κ2) is 5.94. The van der Waals surface area contributed by atoms with Crippen molar-refractivity contribution in [1.29, 1.82) is 0 Å². The second-order valence-corrected chi connectivity index (χ2v) is 5.11. The fraction of sp³-hybridized carbons (Fsp3) is 0.0714. The first-order valence-electron chi connectivity index (χ1n) is 6.28. The van der Waals surface area contributed by atoms with E-state index in [0.29, 0.717) is 11.6 Å². The summed E-state index contributed by atoms with van der Waals surface area (Å²) < 4.78 is 20.4. The summed E-state index contributed by atoms with van der Waals surface area (Å²) in [6, 6.07) is 5.70. The lowest BCUT2D eigenvalue weighted by atomic mass is 10.2. The van der Waals surface area contributed by atoms with Crippen LogP contribution in [-0.2, 0) is 0 Å². The average molecular weight is 318 g/mol. The standard InChI is InChI=1S/C14H11FN4O2S/c1-21-13-11(19-6-7-22-14(19)17-13)8-16-18-12(20)9-4-2-3-5-10(9)15/h2-8H,1H3,(H,18,20)/b16-8+. The van der Waals surface area contributed by atoms with Crippen molar-refractivity contribution in [3.8, 4) is 5.88 Å². The molecule has 0 fully saturated rings. The number of methoxy groups -OCH3 is 1. The molecule has 2 aromatic heterocycles. The van der Waals surface area contributed by atoms with Gasteiger partial charge in [0.25, 0.3) is 5.91 Å². The van der Waals surface area contributed by atoms with E-state index in [-0.39, 0.29) is 5.56 Å². The van der Waals surface area contributed by atoms with Crippen molar-refractivity contribution in [1.82, 2.24) is 14.8 Å². The van der Waals surface area contributed by atoms with E-state index >= 15 is 0 Å². The minimum absolute atomic E-state index is 0.0689. The first-order valence-corrected chi connectivity index (χ1v) is 7.16. The minimum atomic E-state index is -0.626. The molecule has 3 rings (SSSR count). The van der Waals surface area contributed by atoms with Gasteiger partial charge in [-0.25, -0.2) is 9.82 Å². The molecule has 0 bridgehead atoms. The average Bonchev–Trinajstić information content (AvgIpc) is 3.09. The molecular weight excluding hydrogens is 307 g/mol. The van der Waals surface area contributed by atoms with Gasteiger partial charge in [-0.1, -0.05) is 12.1 Å². The maximum atomic E-state index is 13.5. The SMILES string of the molecule is COc1nc2sccn2c1/C=N/NC(=O)c1ccccc1F. The van der Waals surface area contributed by atoms with E-state index < -0.39 is 11.7 Å². The molecule has 6 nitrogen and oxygen atoms in total. The number of imidazole rings is 1. The van der Waals surface area contributed by atoms with Crippen molar-refractivity contribution in [3.63, 3.8) is 0 Å². The van der Waals surface area contributed by atoms with Gasteiger partial charge >= 0.3 is 0 Å². The van der Waals surface area contributed by atoms with Crippen molar-refractivity contribution < 1.29 is 13.9 Å². The third-order valence-corrected chi connectivity index (χ3v) is 3.69. The molecule has 0 unspecified atom stereocenters. The maximum Gasteiger partial charge on any atom is 0.274 e. The summed E-state index contributed by atoms with van der Waals surface area (Å²) >= 11 is 1.45. The van der Waals surface area contributed by atoms with E-state index in [1.54, 1.807) is 10.5 Å². The number of rotatable bonds is 4. The number of hydrogen-bond donors (Lipinski definition) is 1. The zero-order valence-corrected chi connectivity index (χ0v) is 12.3. The Kier molecular flexibility index (Phi) is 3.84. The molecule has 1 N–H and O–H groups in total. The number of nitrogens with one attached hydrogen (secondary N) is 1. The number of aromatic nitrogens is 2. The van der Waals surface area contributed by atoms with Gasteiger partial charge in [0, 0.05) is 11.6 Å². The van der Waals surface area contributed by atoms with Gasteiger partial charge in [-0.15, -0.1) is 11.3 Å². The van der Waals surface area contributed by atoms with Crippen LogP contribution in [0.1, 0.15) is 16.1 Å². The number of benzene rings is 1. The number of ether oxygens (including phenoxy) is 1. The maximum absolute atomic E-state index is 13.5. The summed E-state index contributed by atoms with van der Waals surface area (Å²) in [5.41, 5.74) is 2.80. The number of carbonyl (C=O) groups is 1. The Morgan fingerprint density at radius 2 is 2.32 bits per heavy atom. The molecule has 0 saturated carbocycles. The largest absolute Gasteiger partial charge is 0.479 e. The Labute approximate surface area is 128 Å². The molecule has 0 aliphatic carbocycles. The molecule has 0 aliphatic rings.